The van der Waals surface area contributed by atoms with Gasteiger partial charge < -0.3 is 19.1 Å². The van der Waals surface area contributed by atoms with Gasteiger partial charge in [0.05, 0.1) is 0 Å². The fourth-order valence-corrected chi connectivity index (χ4v) is 10.7. The first-order valence-corrected chi connectivity index (χ1v) is 26.2. The maximum Gasteiger partial charge on any atom is 0.135 e. The van der Waals surface area contributed by atoms with Crippen LogP contribution in [-0.2, 0) is 37.3 Å². The van der Waals surface area contributed by atoms with E-state index < -0.39 is 5.41 Å². The SMILES string of the molecule is CC(C)(C)C1=CN(c2cc(-c3ccccc3)cc(C(C)(C)C)c2)[CH-]N1c1[c-]c(Oc2[c-]c3c(c(C(C)(C)c4ccccc4)c2)c2ccccc2n3-c2cc(C(C)(C)c3ccccc3)ccn2)cc(-c2ccccc2)c1.[Pt]. The van der Waals surface area contributed by atoms with Crippen LogP contribution in [0, 0.1) is 24.2 Å². The molecule has 0 amide bonds. The van der Waals surface area contributed by atoms with E-state index in [1.165, 1.54) is 33.4 Å². The van der Waals surface area contributed by atoms with Gasteiger partial charge in [-0.05, 0) is 91.7 Å². The Morgan fingerprint density at radius 1 is 0.487 bits per heavy atom. The second-order valence-corrected chi connectivity index (χ2v) is 23.1. The van der Waals surface area contributed by atoms with Crippen molar-refractivity contribution in [3.63, 3.8) is 0 Å². The fourth-order valence-electron chi connectivity index (χ4n) is 10.7. The Morgan fingerprint density at radius 3 is 1.67 bits per heavy atom. The van der Waals surface area contributed by atoms with Gasteiger partial charge in [-0.2, -0.15) is 0 Å². The van der Waals surface area contributed by atoms with Crippen LogP contribution in [0.5, 0.6) is 11.5 Å². The normalized spacial score (nSPS) is 13.3. The number of anilines is 2. The minimum atomic E-state index is -0.446. The molecule has 0 unspecified atom stereocenters. The number of pyridine rings is 1. The Bertz CT molecular complexity index is 3730. The summed E-state index contributed by atoms with van der Waals surface area (Å²) in [5.74, 6) is 1.99. The average molecular weight is 1170 g/mol. The number of nitrogens with zero attached hydrogens (tertiary/aromatic N) is 4. The Balaban J connectivity index is 0.00000657. The van der Waals surface area contributed by atoms with Gasteiger partial charge in [0.1, 0.15) is 5.82 Å². The molecule has 0 bridgehead atoms. The molecule has 11 rings (SSSR count). The second kappa shape index (κ2) is 20.2. The van der Waals surface area contributed by atoms with E-state index >= 15 is 0 Å². The van der Waals surface area contributed by atoms with Gasteiger partial charge in [-0.3, -0.25) is 0 Å². The zero-order valence-corrected chi connectivity index (χ0v) is 47.5. The predicted molar refractivity (Wildman–Crippen MR) is 313 cm³/mol. The van der Waals surface area contributed by atoms with Gasteiger partial charge in [0.2, 0.25) is 0 Å². The van der Waals surface area contributed by atoms with Crippen molar-refractivity contribution in [2.45, 2.75) is 85.5 Å². The van der Waals surface area contributed by atoms with Crippen LogP contribution in [0.1, 0.15) is 97.1 Å². The van der Waals surface area contributed by atoms with E-state index in [-0.39, 0.29) is 37.3 Å². The van der Waals surface area contributed by atoms with Gasteiger partial charge in [0, 0.05) is 66.5 Å². The minimum Gasteiger partial charge on any atom is -0.509 e. The number of hydrogen-bond donors (Lipinski definition) is 0. The molecule has 0 aliphatic carbocycles. The molecular weight excluding hydrogens is 1110 g/mol. The van der Waals surface area contributed by atoms with Crippen LogP contribution < -0.4 is 14.5 Å². The molecule has 1 aliphatic rings. The molecule has 0 N–H and O–H groups in total. The Morgan fingerprint density at radius 2 is 1.05 bits per heavy atom. The van der Waals surface area contributed by atoms with Crippen molar-refractivity contribution in [3.8, 4) is 39.6 Å². The van der Waals surface area contributed by atoms with Crippen molar-refractivity contribution in [2.24, 2.45) is 5.41 Å². The summed E-state index contributed by atoms with van der Waals surface area (Å²) in [6, 6.07) is 76.9. The first-order chi connectivity index (χ1) is 35.9. The summed E-state index contributed by atoms with van der Waals surface area (Å²) >= 11 is 0. The predicted octanol–water partition coefficient (Wildman–Crippen LogP) is 18.2. The molecule has 0 radical (unpaired) electrons. The topological polar surface area (TPSA) is 33.5 Å². The molecule has 76 heavy (non-hydrogen) atoms. The van der Waals surface area contributed by atoms with E-state index in [9.17, 15) is 0 Å². The Hall–Kier alpha value is -7.46. The number of hydrogen-bond acceptors (Lipinski definition) is 4. The van der Waals surface area contributed by atoms with Crippen LogP contribution in [0.25, 0.3) is 49.9 Å². The summed E-state index contributed by atoms with van der Waals surface area (Å²) in [5.41, 5.74) is 14.5. The van der Waals surface area contributed by atoms with Crippen LogP contribution in [0.2, 0.25) is 0 Å². The number of fused-ring (bicyclic) bond motifs is 3. The third-order valence-electron chi connectivity index (χ3n) is 15.2. The summed E-state index contributed by atoms with van der Waals surface area (Å²) in [6.45, 7) is 25.1. The fraction of sp³-hybridized carbons (Fsp3) is 0.200. The van der Waals surface area contributed by atoms with E-state index in [1.54, 1.807) is 0 Å². The molecule has 0 saturated carbocycles. The Kier molecular flexibility index (Phi) is 13.9. The number of allylic oxidation sites excluding steroid dienone is 1. The van der Waals surface area contributed by atoms with Crippen LogP contribution in [-0.4, -0.2) is 9.55 Å². The van der Waals surface area contributed by atoms with E-state index in [0.29, 0.717) is 11.5 Å². The number of para-hydroxylation sites is 1. The van der Waals surface area contributed by atoms with Crippen LogP contribution in [0.4, 0.5) is 11.4 Å². The molecule has 0 fully saturated rings. The van der Waals surface area contributed by atoms with Crippen molar-refractivity contribution >= 4 is 33.2 Å². The molecule has 3 heterocycles. The Labute approximate surface area is 464 Å². The first kappa shape index (κ1) is 52.0. The molecule has 384 valence electrons. The summed E-state index contributed by atoms with van der Waals surface area (Å²) in [5, 5.41) is 2.24. The third kappa shape index (κ3) is 9.94. The van der Waals surface area contributed by atoms with E-state index in [1.807, 2.05) is 6.20 Å². The molecule has 10 aromatic rings. The smallest absolute Gasteiger partial charge is 0.135 e. The van der Waals surface area contributed by atoms with Crippen molar-refractivity contribution < 1.29 is 25.8 Å². The molecule has 1 aliphatic heterocycles. The molecule has 2 aromatic heterocycles. The number of benzene rings is 8. The largest absolute Gasteiger partial charge is 0.509 e. The molecular formula is C70H65N4OPt-3. The third-order valence-corrected chi connectivity index (χ3v) is 15.2. The zero-order chi connectivity index (χ0) is 52.3. The number of rotatable bonds is 11. The summed E-state index contributed by atoms with van der Waals surface area (Å²) < 4.78 is 9.55. The first-order valence-electron chi connectivity index (χ1n) is 26.2. The molecule has 5 nitrogen and oxygen atoms in total. The van der Waals surface area contributed by atoms with Crippen molar-refractivity contribution in [1.82, 2.24) is 9.55 Å². The second-order valence-electron chi connectivity index (χ2n) is 23.1. The minimum absolute atomic E-state index is 0. The zero-order valence-electron chi connectivity index (χ0n) is 45.2. The van der Waals surface area contributed by atoms with Crippen LogP contribution in [0.3, 0.4) is 0 Å². The summed E-state index contributed by atoms with van der Waals surface area (Å²) in [6.07, 6.45) is 4.22. The summed E-state index contributed by atoms with van der Waals surface area (Å²) in [7, 11) is 0. The summed E-state index contributed by atoms with van der Waals surface area (Å²) in [4.78, 5) is 9.68. The van der Waals surface area contributed by atoms with Gasteiger partial charge in [-0.15, -0.1) is 53.8 Å². The van der Waals surface area contributed by atoms with Crippen molar-refractivity contribution in [3.05, 3.63) is 259 Å². The molecule has 8 aromatic carbocycles. The number of ether oxygens (including phenoxy) is 1. The molecule has 0 saturated heterocycles. The van der Waals surface area contributed by atoms with Gasteiger partial charge >= 0.3 is 0 Å². The van der Waals surface area contributed by atoms with Crippen LogP contribution >= 0.6 is 0 Å². The van der Waals surface area contributed by atoms with Crippen molar-refractivity contribution in [1.29, 1.82) is 0 Å². The standard InChI is InChI=1S/C70H65N4O.Pt/c1-67(2,3)55-37-50(48-25-15-11-16-26-48)38-56(41-55)72-46-64(68(4,5)6)73(47-72)57-39-51(49-27-17-12-18-28-49)40-58(43-57)75-59-44-61(70(9,10)53-31-21-14-22-32-53)66-60-33-23-24-34-62(60)74(63(66)45-59)65-42-54(35-36-71-65)69(7,8)52-29-19-13-20-30-52;/h11-42,44,46-47H,1-10H3;/q-3;. The molecule has 6 heteroatoms. The van der Waals surface area contributed by atoms with Gasteiger partial charge in [0.25, 0.3) is 0 Å². The van der Waals surface area contributed by atoms with E-state index in [4.69, 9.17) is 9.72 Å². The van der Waals surface area contributed by atoms with Crippen molar-refractivity contribution in [2.75, 3.05) is 9.80 Å². The van der Waals surface area contributed by atoms with Gasteiger partial charge in [-0.25, -0.2) is 4.98 Å². The van der Waals surface area contributed by atoms with E-state index in [2.05, 4.69) is 303 Å². The van der Waals surface area contributed by atoms with Gasteiger partial charge in [-0.1, -0.05) is 226 Å². The molecule has 0 atom stereocenters. The number of aromatic nitrogens is 2. The monoisotopic (exact) mass is 1170 g/mol. The van der Waals surface area contributed by atoms with E-state index in [0.717, 1.165) is 61.4 Å². The van der Waals surface area contributed by atoms with Crippen LogP contribution in [0.15, 0.2) is 212 Å². The average Bonchev–Trinajstić information content (AvgIpc) is 4.03. The quantitative estimate of drug-likeness (QED) is 0.121. The van der Waals surface area contributed by atoms with Gasteiger partial charge in [0.15, 0.2) is 0 Å². The maximum atomic E-state index is 7.28. The maximum absolute atomic E-state index is 7.28. The molecule has 0 spiro atoms.